The van der Waals surface area contributed by atoms with Crippen molar-refractivity contribution >= 4 is 23.1 Å². The van der Waals surface area contributed by atoms with E-state index in [9.17, 15) is 13.6 Å². The van der Waals surface area contributed by atoms with Crippen molar-refractivity contribution < 1.29 is 13.6 Å². The maximum Gasteiger partial charge on any atom is 0.234 e. The van der Waals surface area contributed by atoms with E-state index < -0.39 is 5.92 Å². The highest BCUT2D eigenvalue weighted by Gasteiger charge is 2.40. The van der Waals surface area contributed by atoms with Crippen molar-refractivity contribution in [3.8, 4) is 0 Å². The van der Waals surface area contributed by atoms with Crippen LogP contribution in [0.15, 0.2) is 65.8 Å². The summed E-state index contributed by atoms with van der Waals surface area (Å²) in [6, 6.07) is 14.1. The molecule has 2 atom stereocenters. The molecule has 1 saturated heterocycles. The van der Waals surface area contributed by atoms with Crippen LogP contribution in [0.3, 0.4) is 0 Å². The van der Waals surface area contributed by atoms with E-state index in [2.05, 4.69) is 15.0 Å². The number of aromatic nitrogens is 2. The third kappa shape index (κ3) is 3.66. The van der Waals surface area contributed by atoms with Gasteiger partial charge in [-0.1, -0.05) is 12.1 Å². The van der Waals surface area contributed by atoms with Crippen LogP contribution in [0.2, 0.25) is 0 Å². The Morgan fingerprint density at radius 3 is 2.19 bits per heavy atom. The lowest BCUT2D eigenvalue weighted by Gasteiger charge is -2.40. The Hall–Kier alpha value is -3.55. The van der Waals surface area contributed by atoms with Gasteiger partial charge in [0.25, 0.3) is 0 Å². The number of hydrogen-bond acceptors (Lipinski definition) is 4. The van der Waals surface area contributed by atoms with Crippen LogP contribution in [-0.2, 0) is 4.79 Å². The Bertz CT molecular complexity index is 1150. The summed E-state index contributed by atoms with van der Waals surface area (Å²) in [6.07, 6.45) is 1.66. The first-order chi connectivity index (χ1) is 15.5. The molecule has 164 valence electrons. The third-order valence-corrected chi connectivity index (χ3v) is 6.23. The van der Waals surface area contributed by atoms with Gasteiger partial charge < -0.3 is 9.80 Å². The van der Waals surface area contributed by atoms with Crippen LogP contribution < -0.4 is 4.90 Å². The molecule has 8 heteroatoms. The molecule has 1 aromatic heterocycles. The second-order valence-corrected chi connectivity index (χ2v) is 8.15. The van der Waals surface area contributed by atoms with Gasteiger partial charge in [-0.25, -0.2) is 18.5 Å². The normalized spacial score (nSPS) is 20.7. The molecule has 2 aromatic carbocycles. The molecule has 5 rings (SSSR count). The molecule has 0 N–H and O–H groups in total. The quantitative estimate of drug-likeness (QED) is 0.629. The number of hydrogen-bond donors (Lipinski definition) is 0. The first-order valence-electron chi connectivity index (χ1n) is 10.6. The van der Waals surface area contributed by atoms with Crippen LogP contribution in [0.4, 0.5) is 20.3 Å². The second-order valence-electron chi connectivity index (χ2n) is 8.15. The summed E-state index contributed by atoms with van der Waals surface area (Å²) in [5.74, 6) is -0.442. The van der Waals surface area contributed by atoms with Gasteiger partial charge in [-0.15, -0.1) is 0 Å². The Morgan fingerprint density at radius 1 is 0.906 bits per heavy atom. The van der Waals surface area contributed by atoms with Crippen LogP contribution in [0.25, 0.3) is 0 Å². The zero-order valence-corrected chi connectivity index (χ0v) is 17.7. The van der Waals surface area contributed by atoms with Gasteiger partial charge in [-0.2, -0.15) is 5.10 Å². The number of amides is 1. The molecule has 32 heavy (non-hydrogen) atoms. The van der Waals surface area contributed by atoms with Crippen molar-refractivity contribution in [2.75, 3.05) is 31.1 Å². The summed E-state index contributed by atoms with van der Waals surface area (Å²) in [5.41, 5.74) is 2.48. The van der Waals surface area contributed by atoms with E-state index in [1.54, 1.807) is 35.1 Å². The lowest BCUT2D eigenvalue weighted by atomic mass is 9.87. The summed E-state index contributed by atoms with van der Waals surface area (Å²) in [4.78, 5) is 22.3. The Kier molecular flexibility index (Phi) is 5.20. The topological polar surface area (TPSA) is 53.7 Å². The molecule has 2 unspecified atom stereocenters. The number of nitrogens with zero attached hydrogens (tertiary/aromatic N) is 5. The van der Waals surface area contributed by atoms with Gasteiger partial charge in [0.1, 0.15) is 17.6 Å². The lowest BCUT2D eigenvalue weighted by molar-refractivity contribution is -0.134. The van der Waals surface area contributed by atoms with Gasteiger partial charge in [-0.3, -0.25) is 4.79 Å². The summed E-state index contributed by atoms with van der Waals surface area (Å²) >= 11 is 0. The Labute approximate surface area is 184 Å². The molecular weight excluding hydrogens is 412 g/mol. The lowest BCUT2D eigenvalue weighted by Crippen LogP contribution is -2.53. The first-order valence-corrected chi connectivity index (χ1v) is 10.6. The summed E-state index contributed by atoms with van der Waals surface area (Å²) in [6.45, 7) is 4.30. The predicted molar refractivity (Wildman–Crippen MR) is 118 cm³/mol. The minimum Gasteiger partial charge on any atom is -0.368 e. The smallest absolute Gasteiger partial charge is 0.234 e. The fraction of sp³-hybridized carbons (Fsp3) is 0.292. The molecular formula is C24H23F2N5O. The van der Waals surface area contributed by atoms with Gasteiger partial charge in [0.15, 0.2) is 5.82 Å². The SMILES string of the molecule is CC1=Nc2ccnn2C(c2ccc(F)cc2)C1C(=O)N1CCN(c2ccc(F)cc2)CC1. The van der Waals surface area contributed by atoms with Gasteiger partial charge in [0, 0.05) is 43.6 Å². The van der Waals surface area contributed by atoms with E-state index in [4.69, 9.17) is 0 Å². The number of piperazine rings is 1. The summed E-state index contributed by atoms with van der Waals surface area (Å²) < 4.78 is 28.5. The molecule has 0 bridgehead atoms. The van der Waals surface area contributed by atoms with Crippen LogP contribution in [-0.4, -0.2) is 52.5 Å². The standard InChI is InChI=1S/C24H23F2N5O/c1-16-22(23(17-2-4-18(25)5-3-17)31-21(28-16)10-11-27-31)24(32)30-14-12-29(13-15-30)20-8-6-19(26)7-9-20/h2-11,22-23H,12-15H2,1H3. The number of fused-ring (bicyclic) bond motifs is 1. The number of anilines is 1. The van der Waals surface area contributed by atoms with Gasteiger partial charge >= 0.3 is 0 Å². The van der Waals surface area contributed by atoms with Crippen LogP contribution in [0, 0.1) is 17.6 Å². The number of carbonyl (C=O) groups is 1. The molecule has 3 aromatic rings. The van der Waals surface area contributed by atoms with E-state index in [0.29, 0.717) is 32.0 Å². The highest BCUT2D eigenvalue weighted by Crippen LogP contribution is 2.37. The fourth-order valence-electron chi connectivity index (χ4n) is 4.57. The molecule has 6 nitrogen and oxygen atoms in total. The predicted octanol–water partition coefficient (Wildman–Crippen LogP) is 3.82. The van der Waals surface area contributed by atoms with E-state index in [1.807, 2.05) is 17.9 Å². The molecule has 0 saturated carbocycles. The van der Waals surface area contributed by atoms with E-state index >= 15 is 0 Å². The van der Waals surface area contributed by atoms with Crippen LogP contribution in [0.1, 0.15) is 18.5 Å². The number of aliphatic imine (C=N–C) groups is 1. The molecule has 0 spiro atoms. The largest absolute Gasteiger partial charge is 0.368 e. The Balaban J connectivity index is 1.39. The highest BCUT2D eigenvalue weighted by atomic mass is 19.1. The molecule has 1 fully saturated rings. The average Bonchev–Trinajstić information content (AvgIpc) is 3.27. The molecule has 1 amide bonds. The maximum atomic E-state index is 13.7. The molecule has 3 heterocycles. The molecule has 2 aliphatic heterocycles. The van der Waals surface area contributed by atoms with Crippen molar-refractivity contribution in [2.45, 2.75) is 13.0 Å². The van der Waals surface area contributed by atoms with Crippen LogP contribution in [0.5, 0.6) is 0 Å². The van der Waals surface area contributed by atoms with Gasteiger partial charge in [-0.05, 0) is 48.9 Å². The van der Waals surface area contributed by atoms with Crippen molar-refractivity contribution in [2.24, 2.45) is 10.9 Å². The van der Waals surface area contributed by atoms with E-state index in [-0.39, 0.29) is 23.6 Å². The number of rotatable bonds is 3. The minimum absolute atomic E-state index is 0.0134. The second kappa shape index (κ2) is 8.18. The summed E-state index contributed by atoms with van der Waals surface area (Å²) in [5, 5.41) is 4.41. The number of benzene rings is 2. The minimum atomic E-state index is -0.523. The number of halogens is 2. The number of carbonyl (C=O) groups excluding carboxylic acids is 1. The fourth-order valence-corrected chi connectivity index (χ4v) is 4.57. The van der Waals surface area contributed by atoms with Crippen molar-refractivity contribution in [1.29, 1.82) is 0 Å². The van der Waals surface area contributed by atoms with Gasteiger partial charge in [0.05, 0.1) is 12.2 Å². The average molecular weight is 435 g/mol. The zero-order valence-electron chi connectivity index (χ0n) is 17.7. The van der Waals surface area contributed by atoms with Crippen molar-refractivity contribution in [3.63, 3.8) is 0 Å². The van der Waals surface area contributed by atoms with Gasteiger partial charge in [0.2, 0.25) is 5.91 Å². The van der Waals surface area contributed by atoms with Crippen molar-refractivity contribution in [3.05, 3.63) is 78.0 Å². The Morgan fingerprint density at radius 2 is 1.53 bits per heavy atom. The zero-order chi connectivity index (χ0) is 22.2. The first kappa shape index (κ1) is 20.4. The molecule has 0 radical (unpaired) electrons. The summed E-state index contributed by atoms with van der Waals surface area (Å²) in [7, 11) is 0. The molecule has 0 aliphatic carbocycles. The van der Waals surface area contributed by atoms with Crippen molar-refractivity contribution in [1.82, 2.24) is 14.7 Å². The molecule has 2 aliphatic rings. The third-order valence-electron chi connectivity index (χ3n) is 6.23. The highest BCUT2D eigenvalue weighted by molar-refractivity contribution is 6.05. The van der Waals surface area contributed by atoms with E-state index in [0.717, 1.165) is 17.0 Å². The monoisotopic (exact) mass is 435 g/mol. The maximum absolute atomic E-state index is 13.7. The van der Waals surface area contributed by atoms with E-state index in [1.165, 1.54) is 24.3 Å². The van der Waals surface area contributed by atoms with Crippen LogP contribution >= 0.6 is 0 Å².